The van der Waals surface area contributed by atoms with Gasteiger partial charge in [0.05, 0.1) is 41.9 Å². The molecular formula is C27H20Cl5N5O3. The Morgan fingerprint density at radius 3 is 2.12 bits per heavy atom. The van der Waals surface area contributed by atoms with Crippen LogP contribution in [0.5, 0.6) is 0 Å². The molecule has 0 bridgehead atoms. The summed E-state index contributed by atoms with van der Waals surface area (Å²) in [6, 6.07) is 7.20. The van der Waals surface area contributed by atoms with Gasteiger partial charge < -0.3 is 10.6 Å². The van der Waals surface area contributed by atoms with Crippen LogP contribution in [0.25, 0.3) is 0 Å². The quantitative estimate of drug-likeness (QED) is 0.122. The number of halogens is 5. The molecule has 0 saturated heterocycles. The molecule has 0 saturated carbocycles. The number of rotatable bonds is 6. The van der Waals surface area contributed by atoms with Crippen molar-refractivity contribution in [2.24, 2.45) is 15.2 Å². The number of carbonyl (C=O) groups is 3. The van der Waals surface area contributed by atoms with E-state index in [0.717, 1.165) is 11.1 Å². The first-order chi connectivity index (χ1) is 18.8. The van der Waals surface area contributed by atoms with Crippen LogP contribution in [0.4, 0.5) is 17.1 Å². The number of aryl methyl sites for hydroxylation is 3. The van der Waals surface area contributed by atoms with Gasteiger partial charge >= 0.3 is 0 Å². The maximum Gasteiger partial charge on any atom is 0.259 e. The number of benzene rings is 3. The minimum atomic E-state index is -1.38. The summed E-state index contributed by atoms with van der Waals surface area (Å²) in [4.78, 5) is 42.1. The Bertz CT molecular complexity index is 1670. The third-order valence-electron chi connectivity index (χ3n) is 6.01. The summed E-state index contributed by atoms with van der Waals surface area (Å²) >= 11 is 31.3. The second kappa shape index (κ2) is 11.8. The van der Waals surface area contributed by atoms with Crippen LogP contribution in [0.15, 0.2) is 45.6 Å². The highest BCUT2D eigenvalue weighted by molar-refractivity contribution is 6.55. The molecule has 3 aromatic rings. The lowest BCUT2D eigenvalue weighted by Crippen LogP contribution is -2.32. The number of nitrogens with zero attached hydrogens (tertiary/aromatic N) is 3. The van der Waals surface area contributed by atoms with E-state index in [-0.39, 0.29) is 47.8 Å². The summed E-state index contributed by atoms with van der Waals surface area (Å²) in [7, 11) is 0. The zero-order valence-electron chi connectivity index (χ0n) is 21.4. The van der Waals surface area contributed by atoms with Gasteiger partial charge in [-0.3, -0.25) is 14.4 Å². The molecule has 0 fully saturated rings. The zero-order valence-corrected chi connectivity index (χ0v) is 25.2. The van der Waals surface area contributed by atoms with Gasteiger partial charge in [0, 0.05) is 5.69 Å². The number of amidine groups is 1. The van der Waals surface area contributed by atoms with Crippen molar-refractivity contribution >= 4 is 98.5 Å². The van der Waals surface area contributed by atoms with E-state index < -0.39 is 23.6 Å². The minimum Gasteiger partial charge on any atom is -0.324 e. The summed E-state index contributed by atoms with van der Waals surface area (Å²) in [5.74, 6) is -1.54. The number of Topliss-reactive ketones (excluding diaryl/α,β-unsaturated/α-hetero) is 1. The van der Waals surface area contributed by atoms with E-state index >= 15 is 0 Å². The van der Waals surface area contributed by atoms with Gasteiger partial charge in [0.25, 0.3) is 11.8 Å². The number of azo groups is 1. The largest absolute Gasteiger partial charge is 0.324 e. The first-order valence-corrected chi connectivity index (χ1v) is 13.5. The summed E-state index contributed by atoms with van der Waals surface area (Å²) < 4.78 is 0. The molecule has 3 aromatic carbocycles. The van der Waals surface area contributed by atoms with E-state index in [1.165, 1.54) is 13.0 Å². The smallest absolute Gasteiger partial charge is 0.259 e. The molecule has 0 aliphatic carbocycles. The highest BCUT2D eigenvalue weighted by Gasteiger charge is 2.34. The van der Waals surface area contributed by atoms with Gasteiger partial charge in [-0.05, 0) is 57.0 Å². The number of aliphatic imine (C=N–C) groups is 1. The summed E-state index contributed by atoms with van der Waals surface area (Å²) in [6.45, 7) is 6.77. The number of anilines is 1. The van der Waals surface area contributed by atoms with E-state index in [4.69, 9.17) is 58.0 Å². The van der Waals surface area contributed by atoms with E-state index in [2.05, 4.69) is 25.9 Å². The normalized spacial score (nSPS) is 14.4. The average molecular weight is 640 g/mol. The molecule has 2 N–H and O–H groups in total. The second-order valence-corrected chi connectivity index (χ2v) is 11.0. The number of carbonyl (C=O) groups excluding carboxylic acids is 3. The Morgan fingerprint density at radius 2 is 1.50 bits per heavy atom. The van der Waals surface area contributed by atoms with Crippen molar-refractivity contribution in [2.75, 3.05) is 5.32 Å². The first kappa shape index (κ1) is 30.0. The lowest BCUT2D eigenvalue weighted by Gasteiger charge is -2.12. The van der Waals surface area contributed by atoms with Crippen LogP contribution >= 0.6 is 58.0 Å². The average Bonchev–Trinajstić information content (AvgIpc) is 3.21. The highest BCUT2D eigenvalue weighted by Crippen LogP contribution is 2.44. The molecule has 40 heavy (non-hydrogen) atoms. The molecule has 1 heterocycles. The molecule has 1 aliphatic rings. The maximum atomic E-state index is 12.8. The van der Waals surface area contributed by atoms with Crippen LogP contribution in [-0.4, -0.2) is 29.5 Å². The number of amides is 2. The van der Waals surface area contributed by atoms with E-state index in [9.17, 15) is 14.4 Å². The fraction of sp³-hybridized carbons (Fsp3) is 0.185. The Labute approximate surface area is 254 Å². The molecule has 2 amide bonds. The Kier molecular flexibility index (Phi) is 8.87. The van der Waals surface area contributed by atoms with Gasteiger partial charge in [-0.25, -0.2) is 4.99 Å². The third kappa shape index (κ3) is 5.87. The van der Waals surface area contributed by atoms with Crippen LogP contribution in [-0.2, 0) is 9.59 Å². The SMILES string of the molecule is CC(=O)C(N=Nc1cc(C)c(N=C2NC(=O)c3c(Cl)c(Cl)c(Cl)c(Cl)c32)cc1Cl)C(=O)Nc1ccc(C)cc1C. The number of ketones is 1. The topological polar surface area (TPSA) is 112 Å². The van der Waals surface area contributed by atoms with Gasteiger partial charge in [0.2, 0.25) is 6.04 Å². The van der Waals surface area contributed by atoms with E-state index in [1.807, 2.05) is 26.0 Å². The third-order valence-corrected chi connectivity index (χ3v) is 8.12. The lowest BCUT2D eigenvalue weighted by molar-refractivity contribution is -0.126. The molecule has 0 radical (unpaired) electrons. The van der Waals surface area contributed by atoms with Crippen molar-refractivity contribution in [1.82, 2.24) is 5.32 Å². The monoisotopic (exact) mass is 637 g/mol. The minimum absolute atomic E-state index is 0.0107. The molecule has 1 atom stereocenters. The first-order valence-electron chi connectivity index (χ1n) is 11.7. The predicted molar refractivity (Wildman–Crippen MR) is 160 cm³/mol. The Morgan fingerprint density at radius 1 is 0.850 bits per heavy atom. The van der Waals surface area contributed by atoms with Crippen molar-refractivity contribution in [3.05, 3.63) is 83.3 Å². The van der Waals surface area contributed by atoms with Crippen molar-refractivity contribution < 1.29 is 14.4 Å². The molecule has 13 heteroatoms. The Balaban J connectivity index is 1.63. The predicted octanol–water partition coefficient (Wildman–Crippen LogP) is 8.38. The van der Waals surface area contributed by atoms with E-state index in [1.54, 1.807) is 19.1 Å². The molecule has 0 spiro atoms. The zero-order chi connectivity index (χ0) is 29.5. The van der Waals surface area contributed by atoms with Crippen molar-refractivity contribution in [2.45, 2.75) is 33.7 Å². The summed E-state index contributed by atoms with van der Waals surface area (Å²) in [6.07, 6.45) is 0. The maximum absolute atomic E-state index is 12.8. The fourth-order valence-corrected chi connectivity index (χ4v) is 5.17. The fourth-order valence-electron chi connectivity index (χ4n) is 3.95. The van der Waals surface area contributed by atoms with Crippen LogP contribution in [0.1, 0.15) is 39.5 Å². The number of hydrogen-bond donors (Lipinski definition) is 2. The lowest BCUT2D eigenvalue weighted by atomic mass is 10.1. The van der Waals surface area contributed by atoms with Crippen LogP contribution < -0.4 is 10.6 Å². The van der Waals surface area contributed by atoms with Gasteiger partial charge in [0.1, 0.15) is 11.5 Å². The van der Waals surface area contributed by atoms with E-state index in [0.29, 0.717) is 16.9 Å². The van der Waals surface area contributed by atoms with Crippen LogP contribution in [0.3, 0.4) is 0 Å². The molecule has 206 valence electrons. The standard InChI is InChI=1S/C27H20Cl5N5O3/c1-10-5-6-15(11(2)7-10)34-27(40)24(13(4)38)37-36-17-8-12(3)16(9-14(17)28)33-25-18-19(26(39)35-25)21(30)23(32)22(31)20(18)29/h5-9,24H,1-4H3,(H,34,40)(H,33,35,39). The number of nitrogens with one attached hydrogen (secondary N) is 2. The Hall–Kier alpha value is -3.01. The summed E-state index contributed by atoms with van der Waals surface area (Å²) in [5, 5.41) is 13.5. The van der Waals surface area contributed by atoms with Crippen molar-refractivity contribution in [1.29, 1.82) is 0 Å². The van der Waals surface area contributed by atoms with Crippen LogP contribution in [0.2, 0.25) is 25.1 Å². The van der Waals surface area contributed by atoms with Crippen LogP contribution in [0, 0.1) is 20.8 Å². The van der Waals surface area contributed by atoms with Gasteiger partial charge in [-0.1, -0.05) is 75.7 Å². The number of fused-ring (bicyclic) bond motifs is 1. The molecule has 1 unspecified atom stereocenters. The highest BCUT2D eigenvalue weighted by atomic mass is 35.5. The molecule has 1 aliphatic heterocycles. The van der Waals surface area contributed by atoms with Gasteiger partial charge in [0.15, 0.2) is 5.78 Å². The van der Waals surface area contributed by atoms with Gasteiger partial charge in [-0.2, -0.15) is 10.2 Å². The second-order valence-electron chi connectivity index (χ2n) is 9.05. The van der Waals surface area contributed by atoms with Gasteiger partial charge in [-0.15, -0.1) is 0 Å². The molecule has 8 nitrogen and oxygen atoms in total. The summed E-state index contributed by atoms with van der Waals surface area (Å²) in [5.41, 5.74) is 3.90. The molecular weight excluding hydrogens is 620 g/mol. The molecule has 4 rings (SSSR count). The van der Waals surface area contributed by atoms with Crippen molar-refractivity contribution in [3.63, 3.8) is 0 Å². The molecule has 0 aromatic heterocycles. The van der Waals surface area contributed by atoms with Crippen molar-refractivity contribution in [3.8, 4) is 0 Å². The number of hydrogen-bond acceptors (Lipinski definition) is 6.